The Hall–Kier alpha value is -4.38. The van der Waals surface area contributed by atoms with Crippen molar-refractivity contribution in [2.45, 2.75) is 38.0 Å². The molecule has 1 amide bonds. The number of anilines is 1. The van der Waals surface area contributed by atoms with Crippen molar-refractivity contribution in [1.82, 2.24) is 9.88 Å². The van der Waals surface area contributed by atoms with Crippen molar-refractivity contribution in [3.05, 3.63) is 117 Å². The van der Waals surface area contributed by atoms with E-state index in [-0.39, 0.29) is 24.6 Å². The number of ether oxygens (including phenoxy) is 4. The molecule has 3 aromatic carbocycles. The van der Waals surface area contributed by atoms with Crippen LogP contribution in [0.5, 0.6) is 11.5 Å². The zero-order valence-electron chi connectivity index (χ0n) is 27.1. The Morgan fingerprint density at radius 1 is 0.959 bits per heavy atom. The maximum Gasteiger partial charge on any atom is 0.414 e. The van der Waals surface area contributed by atoms with Gasteiger partial charge in [0.2, 0.25) is 0 Å². The third-order valence-electron chi connectivity index (χ3n) is 9.10. The van der Waals surface area contributed by atoms with Crippen molar-refractivity contribution in [2.75, 3.05) is 38.8 Å². The maximum absolute atomic E-state index is 15.7. The van der Waals surface area contributed by atoms with Gasteiger partial charge in [0, 0.05) is 31.0 Å². The first-order chi connectivity index (χ1) is 23.7. The van der Waals surface area contributed by atoms with Gasteiger partial charge in [-0.2, -0.15) is 0 Å². The largest absolute Gasteiger partial charge is 0.493 e. The first-order valence-electron chi connectivity index (χ1n) is 16.0. The molecule has 3 saturated heterocycles. The lowest BCUT2D eigenvalue weighted by atomic mass is 9.86. The fourth-order valence-electron chi connectivity index (χ4n) is 6.40. The van der Waals surface area contributed by atoms with E-state index in [0.29, 0.717) is 56.4 Å². The minimum absolute atomic E-state index is 0.0313. The highest BCUT2D eigenvalue weighted by Gasteiger charge is 2.37. The van der Waals surface area contributed by atoms with Crippen LogP contribution in [0.4, 0.5) is 14.9 Å². The van der Waals surface area contributed by atoms with Crippen LogP contribution < -0.4 is 14.4 Å². The number of fused-ring (bicyclic) bond motifs is 3. The number of nitrogens with zero attached hydrogens (tertiary/aromatic N) is 3. The van der Waals surface area contributed by atoms with Gasteiger partial charge in [0.25, 0.3) is 0 Å². The molecule has 7 rings (SSSR count). The van der Waals surface area contributed by atoms with E-state index in [1.54, 1.807) is 36.4 Å². The molecular weight excluding hydrogens is 672 g/mol. The average Bonchev–Trinajstić information content (AvgIpc) is 3.12. The van der Waals surface area contributed by atoms with E-state index in [1.807, 2.05) is 18.2 Å². The van der Waals surface area contributed by atoms with Crippen LogP contribution in [0.3, 0.4) is 0 Å². The first-order valence-corrected chi connectivity index (χ1v) is 16.7. The van der Waals surface area contributed by atoms with Crippen molar-refractivity contribution in [3.63, 3.8) is 0 Å². The summed E-state index contributed by atoms with van der Waals surface area (Å²) in [6.45, 7) is 2.79. The minimum Gasteiger partial charge on any atom is -0.493 e. The summed E-state index contributed by atoms with van der Waals surface area (Å²) in [7, 11) is 3.00. The Morgan fingerprint density at radius 3 is 2.31 bits per heavy atom. The molecule has 256 valence electrons. The van der Waals surface area contributed by atoms with E-state index in [9.17, 15) is 9.59 Å². The molecule has 0 N–H and O–H groups in total. The standard InChI is InChI=1S/C37H36Cl2FN3O6/c1-46-32-11-9-25(17-34(32)47-2)33(18-28-29(38)19-41-20-30(28)39)48-36(44)27-10-8-23(16-31(27)40)21-43(26-6-4-3-5-7-26)37(45)49-35-22-42-14-12-24(35)13-15-42/h3-11,16-17,19-20,24,33,35H,12-15,18,21-22H2,1-2H3/t33-,35-/m0/s1. The molecule has 4 heterocycles. The Morgan fingerprint density at radius 2 is 1.67 bits per heavy atom. The third-order valence-corrected chi connectivity index (χ3v) is 9.75. The van der Waals surface area contributed by atoms with Gasteiger partial charge in [0.1, 0.15) is 18.0 Å². The molecule has 12 heteroatoms. The predicted molar refractivity (Wildman–Crippen MR) is 184 cm³/mol. The van der Waals surface area contributed by atoms with Crippen LogP contribution in [0.2, 0.25) is 10.0 Å². The van der Waals surface area contributed by atoms with Gasteiger partial charge >= 0.3 is 12.1 Å². The number of hydrogen-bond acceptors (Lipinski definition) is 8. The smallest absolute Gasteiger partial charge is 0.414 e. The van der Waals surface area contributed by atoms with Crippen molar-refractivity contribution in [3.8, 4) is 11.5 Å². The third kappa shape index (κ3) is 7.93. The lowest BCUT2D eigenvalue weighted by Crippen LogP contribution is -2.53. The van der Waals surface area contributed by atoms with Crippen LogP contribution >= 0.6 is 23.2 Å². The van der Waals surface area contributed by atoms with Crippen LogP contribution in [0.15, 0.2) is 79.1 Å². The number of carbonyl (C=O) groups excluding carboxylic acids is 2. The fraction of sp³-hybridized carbons (Fsp3) is 0.324. The molecule has 4 aromatic rings. The van der Waals surface area contributed by atoms with Crippen molar-refractivity contribution < 1.29 is 32.9 Å². The van der Waals surface area contributed by atoms with E-state index in [1.165, 1.54) is 43.6 Å². The van der Waals surface area contributed by atoms with Gasteiger partial charge in [-0.15, -0.1) is 0 Å². The highest BCUT2D eigenvalue weighted by molar-refractivity contribution is 6.35. The Bertz CT molecular complexity index is 1780. The number of aromatic nitrogens is 1. The molecule has 0 unspecified atom stereocenters. The van der Waals surface area contributed by atoms with E-state index in [2.05, 4.69) is 9.88 Å². The molecule has 0 radical (unpaired) electrons. The van der Waals surface area contributed by atoms with Gasteiger partial charge < -0.3 is 18.9 Å². The maximum atomic E-state index is 15.7. The zero-order valence-corrected chi connectivity index (χ0v) is 28.6. The number of halogens is 3. The van der Waals surface area contributed by atoms with Crippen molar-refractivity contribution >= 4 is 41.0 Å². The average molecular weight is 709 g/mol. The molecular formula is C37H36Cl2FN3O6. The number of esters is 1. The summed E-state index contributed by atoms with van der Waals surface area (Å²) in [5.74, 6) is -0.463. The summed E-state index contributed by atoms with van der Waals surface area (Å²) >= 11 is 12.8. The molecule has 2 bridgehead atoms. The van der Waals surface area contributed by atoms with Crippen LogP contribution in [0.25, 0.3) is 0 Å². The van der Waals surface area contributed by atoms with Crippen LogP contribution in [-0.4, -0.2) is 61.9 Å². The Labute approximate surface area is 294 Å². The zero-order chi connectivity index (χ0) is 34.5. The van der Waals surface area contributed by atoms with E-state index < -0.39 is 24.0 Å². The molecule has 49 heavy (non-hydrogen) atoms. The summed E-state index contributed by atoms with van der Waals surface area (Å²) < 4.78 is 38.5. The van der Waals surface area contributed by atoms with E-state index in [0.717, 1.165) is 25.9 Å². The summed E-state index contributed by atoms with van der Waals surface area (Å²) in [5, 5.41) is 0.583. The molecule has 0 spiro atoms. The van der Waals surface area contributed by atoms with Gasteiger partial charge in [-0.1, -0.05) is 53.5 Å². The number of piperidine rings is 3. The first kappa shape index (κ1) is 34.5. The number of benzene rings is 3. The number of hydrogen-bond donors (Lipinski definition) is 0. The topological polar surface area (TPSA) is 90.4 Å². The second kappa shape index (κ2) is 15.4. The monoisotopic (exact) mass is 707 g/mol. The number of rotatable bonds is 11. The molecule has 0 aliphatic carbocycles. The van der Waals surface area contributed by atoms with E-state index >= 15 is 4.39 Å². The number of methoxy groups -OCH3 is 2. The normalized spacial score (nSPS) is 18.8. The van der Waals surface area contributed by atoms with Gasteiger partial charge in [-0.05, 0) is 84.9 Å². The van der Waals surface area contributed by atoms with Crippen molar-refractivity contribution in [2.24, 2.45) is 5.92 Å². The van der Waals surface area contributed by atoms with Crippen molar-refractivity contribution in [1.29, 1.82) is 0 Å². The molecule has 2 atom stereocenters. The van der Waals surface area contributed by atoms with Gasteiger partial charge in [-0.3, -0.25) is 14.8 Å². The second-order valence-electron chi connectivity index (χ2n) is 12.1. The van der Waals surface area contributed by atoms with Gasteiger partial charge in [0.15, 0.2) is 11.5 Å². The molecule has 0 saturated carbocycles. The van der Waals surface area contributed by atoms with Crippen LogP contribution in [0, 0.1) is 11.7 Å². The lowest BCUT2D eigenvalue weighted by molar-refractivity contribution is -0.0311. The molecule has 1 aromatic heterocycles. The SMILES string of the molecule is COc1ccc([C@H](Cc2c(Cl)cncc2Cl)OC(=O)c2ccc(CN(C(=O)O[C@H]3CN4CCC3CC4)c3ccccc3)cc2F)cc1OC. The summed E-state index contributed by atoms with van der Waals surface area (Å²) in [5.41, 5.74) is 1.86. The summed E-state index contributed by atoms with van der Waals surface area (Å²) in [6, 6.07) is 18.4. The van der Waals surface area contributed by atoms with Gasteiger partial charge in [-0.25, -0.2) is 14.0 Å². The quantitative estimate of drug-likeness (QED) is 0.145. The number of carbonyl (C=O) groups is 2. The molecule has 3 aliphatic heterocycles. The van der Waals surface area contributed by atoms with Crippen LogP contribution in [-0.2, 0) is 22.4 Å². The Kier molecular flexibility index (Phi) is 10.9. The second-order valence-corrected chi connectivity index (χ2v) is 12.9. The number of pyridine rings is 1. The highest BCUT2D eigenvalue weighted by Crippen LogP contribution is 2.36. The molecule has 9 nitrogen and oxygen atoms in total. The lowest BCUT2D eigenvalue weighted by Gasteiger charge is -2.44. The highest BCUT2D eigenvalue weighted by atomic mass is 35.5. The number of para-hydroxylation sites is 1. The minimum atomic E-state index is -0.932. The number of amides is 1. The molecule has 3 aliphatic rings. The summed E-state index contributed by atoms with van der Waals surface area (Å²) in [6.07, 6.45) is 3.35. The fourth-order valence-corrected chi connectivity index (χ4v) is 6.92. The Balaban J connectivity index is 1.23. The van der Waals surface area contributed by atoms with E-state index in [4.69, 9.17) is 42.1 Å². The summed E-state index contributed by atoms with van der Waals surface area (Å²) in [4.78, 5) is 34.9. The van der Waals surface area contributed by atoms with Gasteiger partial charge in [0.05, 0.1) is 36.4 Å². The molecule has 3 fully saturated rings. The van der Waals surface area contributed by atoms with Crippen LogP contribution in [0.1, 0.15) is 46.0 Å². The predicted octanol–water partition coefficient (Wildman–Crippen LogP) is 7.92.